The first-order valence-electron chi connectivity index (χ1n) is 5.84. The Bertz CT molecular complexity index is 349. The molecule has 2 heteroatoms. The van der Waals surface area contributed by atoms with Gasteiger partial charge in [0, 0.05) is 11.6 Å². The average molecular weight is 219 g/mol. The third kappa shape index (κ3) is 4.30. The molecule has 2 rings (SSSR count). The van der Waals surface area contributed by atoms with Gasteiger partial charge in [0.25, 0.3) is 0 Å². The normalized spacial score (nSPS) is 8.31. The molecule has 0 amide bonds. The highest BCUT2D eigenvalue weighted by atomic mass is 16.5. The molecule has 0 saturated carbocycles. The summed E-state index contributed by atoms with van der Waals surface area (Å²) in [5, 5.41) is 3.84. The Balaban J connectivity index is 0.000000509. The van der Waals surface area contributed by atoms with Gasteiger partial charge in [-0.1, -0.05) is 62.7 Å². The number of hydrogen-bond acceptors (Lipinski definition) is 2. The molecule has 1 aromatic heterocycles. The lowest BCUT2D eigenvalue weighted by atomic mass is 10.1. The molecule has 0 fully saturated rings. The minimum Gasteiger partial charge on any atom is -0.364 e. The fourth-order valence-electron chi connectivity index (χ4n) is 1.09. The van der Waals surface area contributed by atoms with Gasteiger partial charge in [0.1, 0.15) is 12.0 Å². The fraction of sp³-hybridized carbons (Fsp3) is 0.357. The highest BCUT2D eigenvalue weighted by Gasteiger charge is 1.98. The Morgan fingerprint density at radius 2 is 1.44 bits per heavy atom. The molecule has 2 aromatic rings. The lowest BCUT2D eigenvalue weighted by Crippen LogP contribution is -1.76. The van der Waals surface area contributed by atoms with Crippen LogP contribution in [0.3, 0.4) is 0 Å². The summed E-state index contributed by atoms with van der Waals surface area (Å²) in [5.74, 6) is 0. The van der Waals surface area contributed by atoms with E-state index >= 15 is 0 Å². The molecule has 0 aliphatic heterocycles. The summed E-state index contributed by atoms with van der Waals surface area (Å²) in [4.78, 5) is 0. The van der Waals surface area contributed by atoms with Crippen molar-refractivity contribution >= 4 is 0 Å². The van der Waals surface area contributed by atoms with Gasteiger partial charge in [0.2, 0.25) is 0 Å². The van der Waals surface area contributed by atoms with Gasteiger partial charge in [-0.3, -0.25) is 0 Å². The van der Waals surface area contributed by atoms with E-state index in [1.807, 2.05) is 45.9 Å². The van der Waals surface area contributed by atoms with E-state index in [2.05, 4.69) is 24.2 Å². The van der Waals surface area contributed by atoms with Gasteiger partial charge >= 0.3 is 0 Å². The summed E-state index contributed by atoms with van der Waals surface area (Å²) in [6.07, 6.45) is 1.58. The van der Waals surface area contributed by atoms with Crippen molar-refractivity contribution in [3.8, 4) is 11.3 Å². The average Bonchev–Trinajstić information content (AvgIpc) is 2.89. The Morgan fingerprint density at radius 1 is 0.875 bits per heavy atom. The SMILES string of the molecule is CC.CC.Cc1ccc(-c2ccon2)cc1. The van der Waals surface area contributed by atoms with E-state index in [1.165, 1.54) is 5.56 Å². The molecule has 0 saturated heterocycles. The second-order valence-electron chi connectivity index (χ2n) is 2.75. The zero-order chi connectivity index (χ0) is 12.4. The maximum absolute atomic E-state index is 4.75. The summed E-state index contributed by atoms with van der Waals surface area (Å²) >= 11 is 0. The summed E-state index contributed by atoms with van der Waals surface area (Å²) in [5.41, 5.74) is 3.23. The van der Waals surface area contributed by atoms with Gasteiger partial charge in [-0.15, -0.1) is 0 Å². The van der Waals surface area contributed by atoms with Gasteiger partial charge < -0.3 is 4.52 Å². The zero-order valence-corrected chi connectivity index (χ0v) is 10.8. The minimum absolute atomic E-state index is 0.884. The number of benzene rings is 1. The molecule has 0 unspecified atom stereocenters. The van der Waals surface area contributed by atoms with E-state index in [-0.39, 0.29) is 0 Å². The topological polar surface area (TPSA) is 26.0 Å². The summed E-state index contributed by atoms with van der Waals surface area (Å²) in [6, 6.07) is 10.0. The standard InChI is InChI=1S/C10H9NO.2C2H6/c1-8-2-4-9(5-3-8)10-6-7-12-11-10;2*1-2/h2-7H,1H3;2*1-2H3. The Morgan fingerprint density at radius 3 is 1.88 bits per heavy atom. The summed E-state index contributed by atoms with van der Waals surface area (Å²) in [6.45, 7) is 10.1. The number of hydrogen-bond donors (Lipinski definition) is 0. The van der Waals surface area contributed by atoms with Crippen molar-refractivity contribution < 1.29 is 4.52 Å². The zero-order valence-electron chi connectivity index (χ0n) is 10.8. The van der Waals surface area contributed by atoms with Crippen LogP contribution in [-0.4, -0.2) is 5.16 Å². The molecule has 1 aromatic carbocycles. The molecule has 16 heavy (non-hydrogen) atoms. The van der Waals surface area contributed by atoms with Crippen molar-refractivity contribution in [3.05, 3.63) is 42.2 Å². The molecule has 0 radical (unpaired) electrons. The minimum atomic E-state index is 0.884. The van der Waals surface area contributed by atoms with Crippen molar-refractivity contribution in [2.75, 3.05) is 0 Å². The monoisotopic (exact) mass is 219 g/mol. The van der Waals surface area contributed by atoms with Crippen molar-refractivity contribution in [1.29, 1.82) is 0 Å². The Hall–Kier alpha value is -1.57. The van der Waals surface area contributed by atoms with E-state index in [1.54, 1.807) is 6.26 Å². The number of nitrogens with zero attached hydrogens (tertiary/aromatic N) is 1. The predicted octanol–water partition coefficient (Wildman–Crippen LogP) is 4.70. The first-order chi connectivity index (χ1) is 7.86. The van der Waals surface area contributed by atoms with Crippen molar-refractivity contribution in [2.24, 2.45) is 0 Å². The molecule has 0 aliphatic carbocycles. The first-order valence-corrected chi connectivity index (χ1v) is 5.84. The Labute approximate surface area is 98.3 Å². The molecule has 2 nitrogen and oxygen atoms in total. The van der Waals surface area contributed by atoms with E-state index in [0.717, 1.165) is 11.3 Å². The number of rotatable bonds is 1. The molecule has 0 bridgehead atoms. The van der Waals surface area contributed by atoms with Crippen LogP contribution in [0.25, 0.3) is 11.3 Å². The van der Waals surface area contributed by atoms with Crippen molar-refractivity contribution in [3.63, 3.8) is 0 Å². The van der Waals surface area contributed by atoms with Crippen LogP contribution in [0.2, 0.25) is 0 Å². The molecule has 88 valence electrons. The molecule has 0 N–H and O–H groups in total. The molecular formula is C14H21NO. The van der Waals surface area contributed by atoms with Crippen LogP contribution in [0.5, 0.6) is 0 Å². The maximum Gasteiger partial charge on any atom is 0.124 e. The van der Waals surface area contributed by atoms with Gasteiger partial charge in [0.15, 0.2) is 0 Å². The molecular weight excluding hydrogens is 198 g/mol. The summed E-state index contributed by atoms with van der Waals surface area (Å²) in [7, 11) is 0. The number of aromatic nitrogens is 1. The smallest absolute Gasteiger partial charge is 0.124 e. The van der Waals surface area contributed by atoms with Crippen molar-refractivity contribution in [2.45, 2.75) is 34.6 Å². The van der Waals surface area contributed by atoms with Gasteiger partial charge in [-0.25, -0.2) is 0 Å². The van der Waals surface area contributed by atoms with E-state index < -0.39 is 0 Å². The van der Waals surface area contributed by atoms with Gasteiger partial charge in [-0.2, -0.15) is 0 Å². The molecule has 0 aliphatic rings. The van der Waals surface area contributed by atoms with E-state index in [9.17, 15) is 0 Å². The second kappa shape index (κ2) is 8.72. The highest BCUT2D eigenvalue weighted by Crippen LogP contribution is 2.16. The van der Waals surface area contributed by atoms with Crippen LogP contribution >= 0.6 is 0 Å². The maximum atomic E-state index is 4.75. The van der Waals surface area contributed by atoms with E-state index in [4.69, 9.17) is 4.52 Å². The van der Waals surface area contributed by atoms with Crippen molar-refractivity contribution in [1.82, 2.24) is 5.16 Å². The first kappa shape index (κ1) is 14.4. The molecule has 1 heterocycles. The largest absolute Gasteiger partial charge is 0.364 e. The highest BCUT2D eigenvalue weighted by molar-refractivity contribution is 5.58. The molecule has 0 atom stereocenters. The quantitative estimate of drug-likeness (QED) is 0.694. The lowest BCUT2D eigenvalue weighted by molar-refractivity contribution is 0.422. The van der Waals surface area contributed by atoms with Crippen LogP contribution in [0, 0.1) is 6.92 Å². The van der Waals surface area contributed by atoms with Crippen LogP contribution < -0.4 is 0 Å². The Kier molecular flexibility index (Phi) is 7.86. The third-order valence-corrected chi connectivity index (χ3v) is 1.79. The van der Waals surface area contributed by atoms with Crippen LogP contribution in [-0.2, 0) is 0 Å². The third-order valence-electron chi connectivity index (χ3n) is 1.79. The van der Waals surface area contributed by atoms with Crippen LogP contribution in [0.4, 0.5) is 0 Å². The van der Waals surface area contributed by atoms with Gasteiger partial charge in [-0.05, 0) is 6.92 Å². The number of aryl methyl sites for hydroxylation is 1. The fourth-order valence-corrected chi connectivity index (χ4v) is 1.09. The molecule has 0 spiro atoms. The van der Waals surface area contributed by atoms with Crippen LogP contribution in [0.15, 0.2) is 41.1 Å². The van der Waals surface area contributed by atoms with Gasteiger partial charge in [0.05, 0.1) is 0 Å². The van der Waals surface area contributed by atoms with Crippen LogP contribution in [0.1, 0.15) is 33.3 Å². The van der Waals surface area contributed by atoms with E-state index in [0.29, 0.717) is 0 Å². The lowest BCUT2D eigenvalue weighted by Gasteiger charge is -1.94. The summed E-state index contributed by atoms with van der Waals surface area (Å²) < 4.78 is 4.75. The predicted molar refractivity (Wildman–Crippen MR) is 69.4 cm³/mol. The second-order valence-corrected chi connectivity index (χ2v) is 2.75.